The Bertz CT molecular complexity index is 440. The molecule has 2 unspecified atom stereocenters. The third kappa shape index (κ3) is 3.46. The fraction of sp³-hybridized carbons (Fsp3) is 0.846. The first-order chi connectivity index (χ1) is 9.69. The van der Waals surface area contributed by atoms with Gasteiger partial charge >= 0.3 is 5.51 Å². The first-order valence-electron chi connectivity index (χ1n) is 7.02. The van der Waals surface area contributed by atoms with Gasteiger partial charge < -0.3 is 10.2 Å². The van der Waals surface area contributed by atoms with E-state index >= 15 is 0 Å². The molecule has 1 N–H and O–H groups in total. The molecule has 2 rings (SSSR count). The van der Waals surface area contributed by atoms with E-state index in [4.69, 9.17) is 0 Å². The lowest BCUT2D eigenvalue weighted by atomic mass is 9.89. The van der Waals surface area contributed by atoms with Crippen molar-refractivity contribution in [3.05, 3.63) is 0 Å². The van der Waals surface area contributed by atoms with E-state index in [0.717, 1.165) is 12.8 Å². The highest BCUT2D eigenvalue weighted by Gasteiger charge is 2.52. The zero-order chi connectivity index (χ0) is 15.8. The van der Waals surface area contributed by atoms with Crippen LogP contribution in [0.3, 0.4) is 0 Å². The Balaban J connectivity index is 2.10. The van der Waals surface area contributed by atoms with Crippen molar-refractivity contribution < 1.29 is 22.8 Å². The van der Waals surface area contributed by atoms with Gasteiger partial charge in [-0.2, -0.15) is 13.2 Å². The highest BCUT2D eigenvalue weighted by Crippen LogP contribution is 2.38. The maximum Gasteiger partial charge on any atom is 0.441 e. The van der Waals surface area contributed by atoms with Gasteiger partial charge in [-0.05, 0) is 43.9 Å². The highest BCUT2D eigenvalue weighted by atomic mass is 32.2. The summed E-state index contributed by atoms with van der Waals surface area (Å²) in [6.45, 7) is 3.31. The predicted octanol–water partition coefficient (Wildman–Crippen LogP) is 2.15. The van der Waals surface area contributed by atoms with Gasteiger partial charge in [0.1, 0.15) is 11.6 Å². The number of piperazine rings is 1. The number of hydrogen-bond donors (Lipinski definition) is 1. The molecule has 0 aromatic rings. The van der Waals surface area contributed by atoms with Crippen LogP contribution in [-0.4, -0.2) is 46.1 Å². The summed E-state index contributed by atoms with van der Waals surface area (Å²) in [6, 6.07) is -0.562. The van der Waals surface area contributed by atoms with Crippen LogP contribution in [0.25, 0.3) is 0 Å². The Labute approximate surface area is 125 Å². The molecule has 21 heavy (non-hydrogen) atoms. The molecule has 0 radical (unpaired) electrons. The maximum atomic E-state index is 12.5. The Morgan fingerprint density at radius 1 is 1.38 bits per heavy atom. The van der Waals surface area contributed by atoms with Gasteiger partial charge in [-0.1, -0.05) is 6.92 Å². The number of alkyl halides is 3. The van der Waals surface area contributed by atoms with Crippen molar-refractivity contribution in [1.82, 2.24) is 10.2 Å². The monoisotopic (exact) mass is 324 g/mol. The molecule has 2 atom stereocenters. The standard InChI is InChI=1S/C13H19F3N2O2S/c1-3-12(2)11(20)17-9(8-4-5-8)10(19)18(12)6-7-21-13(14,15)16/h8-9H,3-7H2,1-2H3,(H,17,20). The van der Waals surface area contributed by atoms with Gasteiger partial charge in [-0.25, -0.2) is 0 Å². The highest BCUT2D eigenvalue weighted by molar-refractivity contribution is 8.00. The minimum atomic E-state index is -4.32. The summed E-state index contributed by atoms with van der Waals surface area (Å²) in [5.41, 5.74) is -5.38. The summed E-state index contributed by atoms with van der Waals surface area (Å²) in [5.74, 6) is -0.626. The molecule has 1 saturated heterocycles. The molecule has 1 saturated carbocycles. The number of halogens is 3. The summed E-state index contributed by atoms with van der Waals surface area (Å²) < 4.78 is 36.8. The lowest BCUT2D eigenvalue weighted by Gasteiger charge is -2.46. The third-order valence-corrected chi connectivity index (χ3v) is 4.98. The molecule has 0 aromatic heterocycles. The molecule has 1 aliphatic heterocycles. The van der Waals surface area contributed by atoms with Gasteiger partial charge in [-0.3, -0.25) is 9.59 Å². The first kappa shape index (κ1) is 16.5. The van der Waals surface area contributed by atoms with Crippen molar-refractivity contribution in [2.45, 2.75) is 50.2 Å². The second-order valence-electron chi connectivity index (χ2n) is 5.70. The van der Waals surface area contributed by atoms with Gasteiger partial charge in [0.25, 0.3) is 0 Å². The van der Waals surface area contributed by atoms with Gasteiger partial charge in [0.15, 0.2) is 0 Å². The van der Waals surface area contributed by atoms with Gasteiger partial charge in [0.2, 0.25) is 11.8 Å². The van der Waals surface area contributed by atoms with Crippen LogP contribution in [0.1, 0.15) is 33.1 Å². The number of nitrogens with one attached hydrogen (secondary N) is 1. The van der Waals surface area contributed by atoms with E-state index in [1.165, 1.54) is 4.90 Å². The average Bonchev–Trinajstić information content (AvgIpc) is 3.21. The SMILES string of the molecule is CCC1(C)C(=O)NC(C2CC2)C(=O)N1CCSC(F)(F)F. The van der Waals surface area contributed by atoms with Crippen LogP contribution < -0.4 is 5.32 Å². The molecule has 1 heterocycles. The van der Waals surface area contributed by atoms with E-state index in [2.05, 4.69) is 5.32 Å². The molecule has 2 aliphatic rings. The van der Waals surface area contributed by atoms with E-state index in [1.54, 1.807) is 13.8 Å². The Kier molecular flexibility index (Phi) is 4.46. The quantitative estimate of drug-likeness (QED) is 0.843. The summed E-state index contributed by atoms with van der Waals surface area (Å²) in [4.78, 5) is 26.1. The molecule has 8 heteroatoms. The molecule has 2 fully saturated rings. The normalized spacial score (nSPS) is 30.5. The average molecular weight is 324 g/mol. The molecule has 1 aliphatic carbocycles. The van der Waals surface area contributed by atoms with Gasteiger partial charge in [0.05, 0.1) is 0 Å². The van der Waals surface area contributed by atoms with Crippen LogP contribution in [0.15, 0.2) is 0 Å². The van der Waals surface area contributed by atoms with Crippen LogP contribution in [-0.2, 0) is 9.59 Å². The Hall–Kier alpha value is -0.920. The van der Waals surface area contributed by atoms with E-state index in [1.807, 2.05) is 0 Å². The van der Waals surface area contributed by atoms with Crippen molar-refractivity contribution in [3.63, 3.8) is 0 Å². The van der Waals surface area contributed by atoms with Crippen LogP contribution in [0.2, 0.25) is 0 Å². The minimum absolute atomic E-state index is 0.0655. The van der Waals surface area contributed by atoms with Crippen molar-refractivity contribution in [3.8, 4) is 0 Å². The van der Waals surface area contributed by atoms with Crippen molar-refractivity contribution in [1.29, 1.82) is 0 Å². The fourth-order valence-corrected chi connectivity index (χ4v) is 3.11. The second kappa shape index (κ2) is 5.70. The largest absolute Gasteiger partial charge is 0.441 e. The number of nitrogens with zero attached hydrogens (tertiary/aromatic N) is 1. The molecule has 2 amide bonds. The Morgan fingerprint density at radius 2 is 2.00 bits per heavy atom. The number of amides is 2. The molecular formula is C13H19F3N2O2S. The van der Waals surface area contributed by atoms with Crippen LogP contribution in [0.4, 0.5) is 13.2 Å². The van der Waals surface area contributed by atoms with E-state index in [9.17, 15) is 22.8 Å². The van der Waals surface area contributed by atoms with E-state index < -0.39 is 17.1 Å². The summed E-state index contributed by atoms with van der Waals surface area (Å²) in [5, 5.41) is 2.75. The van der Waals surface area contributed by atoms with Crippen molar-refractivity contribution in [2.75, 3.05) is 12.3 Å². The van der Waals surface area contributed by atoms with Crippen molar-refractivity contribution in [2.24, 2.45) is 5.92 Å². The number of rotatable bonds is 5. The number of carbonyl (C=O) groups is 2. The molecular weight excluding hydrogens is 305 g/mol. The molecule has 4 nitrogen and oxygen atoms in total. The van der Waals surface area contributed by atoms with E-state index in [-0.39, 0.29) is 41.8 Å². The molecule has 120 valence electrons. The van der Waals surface area contributed by atoms with Crippen LogP contribution in [0, 0.1) is 5.92 Å². The fourth-order valence-electron chi connectivity index (χ4n) is 2.60. The maximum absolute atomic E-state index is 12.5. The molecule has 0 spiro atoms. The Morgan fingerprint density at radius 3 is 2.48 bits per heavy atom. The summed E-state index contributed by atoms with van der Waals surface area (Å²) in [7, 11) is 0. The smallest absolute Gasteiger partial charge is 0.342 e. The summed E-state index contributed by atoms with van der Waals surface area (Å²) in [6.07, 6.45) is 2.13. The topological polar surface area (TPSA) is 49.4 Å². The first-order valence-corrected chi connectivity index (χ1v) is 8.00. The third-order valence-electron chi connectivity index (χ3n) is 4.27. The van der Waals surface area contributed by atoms with Crippen LogP contribution in [0.5, 0.6) is 0 Å². The van der Waals surface area contributed by atoms with E-state index in [0.29, 0.717) is 6.42 Å². The number of carbonyl (C=O) groups excluding carboxylic acids is 2. The lowest BCUT2D eigenvalue weighted by Crippen LogP contribution is -2.70. The predicted molar refractivity (Wildman–Crippen MR) is 73.6 cm³/mol. The van der Waals surface area contributed by atoms with Gasteiger partial charge in [0, 0.05) is 12.3 Å². The zero-order valence-electron chi connectivity index (χ0n) is 12.0. The number of hydrogen-bond acceptors (Lipinski definition) is 3. The van der Waals surface area contributed by atoms with Gasteiger partial charge in [-0.15, -0.1) is 0 Å². The second-order valence-corrected chi connectivity index (χ2v) is 6.86. The summed E-state index contributed by atoms with van der Waals surface area (Å²) >= 11 is -0.159. The van der Waals surface area contributed by atoms with Crippen molar-refractivity contribution >= 4 is 23.6 Å². The number of thioether (sulfide) groups is 1. The minimum Gasteiger partial charge on any atom is -0.342 e. The lowest BCUT2D eigenvalue weighted by molar-refractivity contribution is -0.156. The van der Waals surface area contributed by atoms with Crippen LogP contribution >= 0.6 is 11.8 Å². The molecule has 0 aromatic carbocycles. The zero-order valence-corrected chi connectivity index (χ0v) is 12.8. The molecule has 0 bridgehead atoms.